The van der Waals surface area contributed by atoms with Crippen molar-refractivity contribution in [3.63, 3.8) is 0 Å². The van der Waals surface area contributed by atoms with Crippen LogP contribution in [0.15, 0.2) is 53.6 Å². The first-order chi connectivity index (χ1) is 10.6. The number of anilines is 1. The van der Waals surface area contributed by atoms with Crippen LogP contribution in [0.2, 0.25) is 0 Å². The molecule has 0 aromatic heterocycles. The first-order valence-corrected chi connectivity index (χ1v) is 6.55. The molecule has 0 aliphatic heterocycles. The van der Waals surface area contributed by atoms with Crippen molar-refractivity contribution < 1.29 is 14.7 Å². The Bertz CT molecular complexity index is 726. The molecule has 22 heavy (non-hydrogen) atoms. The number of hydrogen-bond acceptors (Lipinski definition) is 4. The van der Waals surface area contributed by atoms with Crippen LogP contribution in [0.25, 0.3) is 0 Å². The second kappa shape index (κ2) is 7.03. The number of nitrogens with zero attached hydrogens (tertiary/aromatic N) is 1. The molecule has 0 unspecified atom stereocenters. The predicted octanol–water partition coefficient (Wildman–Crippen LogP) is 1.79. The molecule has 0 saturated heterocycles. The molecule has 0 atom stereocenters. The minimum absolute atomic E-state index is 0.0321. The first kappa shape index (κ1) is 15.2. The van der Waals surface area contributed by atoms with E-state index < -0.39 is 11.8 Å². The second-order valence-electron chi connectivity index (χ2n) is 4.58. The van der Waals surface area contributed by atoms with Crippen molar-refractivity contribution in [1.29, 1.82) is 0 Å². The van der Waals surface area contributed by atoms with Gasteiger partial charge in [0.15, 0.2) is 0 Å². The van der Waals surface area contributed by atoms with Crippen molar-refractivity contribution in [2.75, 3.05) is 5.32 Å². The molecule has 0 saturated carbocycles. The van der Waals surface area contributed by atoms with Gasteiger partial charge in [-0.05, 0) is 36.8 Å². The number of aryl methyl sites for hydroxylation is 1. The molecule has 0 bridgehead atoms. The summed E-state index contributed by atoms with van der Waals surface area (Å²) in [7, 11) is 0. The summed E-state index contributed by atoms with van der Waals surface area (Å²) in [6, 6.07) is 13.6. The molecule has 112 valence electrons. The molecule has 2 rings (SSSR count). The van der Waals surface area contributed by atoms with E-state index in [4.69, 9.17) is 0 Å². The van der Waals surface area contributed by atoms with Crippen LogP contribution in [0, 0.1) is 6.92 Å². The number of benzene rings is 2. The van der Waals surface area contributed by atoms with Crippen LogP contribution in [0.5, 0.6) is 5.75 Å². The van der Waals surface area contributed by atoms with Crippen LogP contribution >= 0.6 is 0 Å². The van der Waals surface area contributed by atoms with E-state index in [1.54, 1.807) is 36.4 Å². The molecular formula is C16H15N3O3. The van der Waals surface area contributed by atoms with Crippen molar-refractivity contribution >= 4 is 23.7 Å². The Kier molecular flexibility index (Phi) is 4.87. The zero-order valence-electron chi connectivity index (χ0n) is 11.9. The highest BCUT2D eigenvalue weighted by atomic mass is 16.3. The fourth-order valence-corrected chi connectivity index (χ4v) is 1.72. The lowest BCUT2D eigenvalue weighted by Gasteiger charge is -2.04. The number of phenolic OH excluding ortho intramolecular Hbond substituents is 1. The van der Waals surface area contributed by atoms with E-state index in [1.807, 2.05) is 13.0 Å². The van der Waals surface area contributed by atoms with E-state index in [0.29, 0.717) is 11.3 Å². The Morgan fingerprint density at radius 3 is 2.59 bits per heavy atom. The minimum atomic E-state index is -0.895. The number of carbonyl (C=O) groups is 2. The van der Waals surface area contributed by atoms with Crippen molar-refractivity contribution in [1.82, 2.24) is 5.43 Å². The van der Waals surface area contributed by atoms with E-state index in [0.717, 1.165) is 5.56 Å². The SMILES string of the molecule is Cc1cccc(NC(=O)C(=O)NN=Cc2ccccc2O)c1. The third-order valence-corrected chi connectivity index (χ3v) is 2.79. The highest BCUT2D eigenvalue weighted by Gasteiger charge is 2.12. The predicted molar refractivity (Wildman–Crippen MR) is 83.7 cm³/mol. The molecule has 2 amide bonds. The lowest BCUT2D eigenvalue weighted by molar-refractivity contribution is -0.136. The number of hydrazone groups is 1. The summed E-state index contributed by atoms with van der Waals surface area (Å²) in [5, 5.41) is 15.6. The van der Waals surface area contributed by atoms with E-state index in [9.17, 15) is 14.7 Å². The molecule has 0 radical (unpaired) electrons. The Balaban J connectivity index is 1.92. The summed E-state index contributed by atoms with van der Waals surface area (Å²) in [6.07, 6.45) is 1.26. The maximum atomic E-state index is 11.7. The van der Waals surface area contributed by atoms with Crippen LogP contribution in [-0.4, -0.2) is 23.1 Å². The number of phenols is 1. The van der Waals surface area contributed by atoms with E-state index in [-0.39, 0.29) is 5.75 Å². The van der Waals surface area contributed by atoms with E-state index >= 15 is 0 Å². The minimum Gasteiger partial charge on any atom is -0.507 e. The Labute approximate surface area is 127 Å². The van der Waals surface area contributed by atoms with Crippen molar-refractivity contribution in [2.45, 2.75) is 6.92 Å². The summed E-state index contributed by atoms with van der Waals surface area (Å²) >= 11 is 0. The van der Waals surface area contributed by atoms with Gasteiger partial charge in [-0.2, -0.15) is 5.10 Å². The monoisotopic (exact) mass is 297 g/mol. The highest BCUT2D eigenvalue weighted by molar-refractivity contribution is 6.39. The second-order valence-corrected chi connectivity index (χ2v) is 4.58. The number of hydrogen-bond donors (Lipinski definition) is 3. The third-order valence-electron chi connectivity index (χ3n) is 2.79. The Morgan fingerprint density at radius 2 is 1.86 bits per heavy atom. The number of rotatable bonds is 3. The lowest BCUT2D eigenvalue weighted by atomic mass is 10.2. The first-order valence-electron chi connectivity index (χ1n) is 6.55. The fraction of sp³-hybridized carbons (Fsp3) is 0.0625. The average Bonchev–Trinajstić information content (AvgIpc) is 2.49. The van der Waals surface area contributed by atoms with Crippen LogP contribution in [0.1, 0.15) is 11.1 Å². The van der Waals surface area contributed by atoms with Gasteiger partial charge in [0.05, 0.1) is 6.21 Å². The van der Waals surface area contributed by atoms with Gasteiger partial charge < -0.3 is 10.4 Å². The number of nitrogens with one attached hydrogen (secondary N) is 2. The fourth-order valence-electron chi connectivity index (χ4n) is 1.72. The Morgan fingerprint density at radius 1 is 1.09 bits per heavy atom. The molecular weight excluding hydrogens is 282 g/mol. The topological polar surface area (TPSA) is 90.8 Å². The molecule has 0 aliphatic carbocycles. The van der Waals surface area contributed by atoms with E-state index in [1.165, 1.54) is 12.3 Å². The maximum absolute atomic E-state index is 11.7. The van der Waals surface area contributed by atoms with Crippen LogP contribution in [0.4, 0.5) is 5.69 Å². The smallest absolute Gasteiger partial charge is 0.329 e. The molecule has 0 aliphatic rings. The zero-order valence-corrected chi connectivity index (χ0v) is 11.9. The van der Waals surface area contributed by atoms with Gasteiger partial charge in [-0.1, -0.05) is 24.3 Å². The quantitative estimate of drug-likeness (QED) is 0.458. The van der Waals surface area contributed by atoms with Gasteiger partial charge in [0.25, 0.3) is 0 Å². The summed E-state index contributed by atoms with van der Waals surface area (Å²) in [4.78, 5) is 23.3. The number of amides is 2. The summed E-state index contributed by atoms with van der Waals surface area (Å²) in [6.45, 7) is 1.88. The molecule has 6 nitrogen and oxygen atoms in total. The average molecular weight is 297 g/mol. The van der Waals surface area contributed by atoms with Gasteiger partial charge in [0, 0.05) is 11.3 Å². The molecule has 2 aromatic carbocycles. The summed E-state index contributed by atoms with van der Waals surface area (Å²) < 4.78 is 0. The van der Waals surface area contributed by atoms with Gasteiger partial charge in [-0.25, -0.2) is 5.43 Å². The maximum Gasteiger partial charge on any atom is 0.329 e. The lowest BCUT2D eigenvalue weighted by Crippen LogP contribution is -2.32. The van der Waals surface area contributed by atoms with Gasteiger partial charge >= 0.3 is 11.8 Å². The van der Waals surface area contributed by atoms with Gasteiger partial charge in [-0.3, -0.25) is 9.59 Å². The zero-order chi connectivity index (χ0) is 15.9. The number of para-hydroxylation sites is 1. The summed E-state index contributed by atoms with van der Waals surface area (Å²) in [5.41, 5.74) is 4.03. The van der Waals surface area contributed by atoms with Crippen molar-refractivity contribution in [3.8, 4) is 5.75 Å². The highest BCUT2D eigenvalue weighted by Crippen LogP contribution is 2.12. The molecule has 3 N–H and O–H groups in total. The van der Waals surface area contributed by atoms with Crippen molar-refractivity contribution in [2.24, 2.45) is 5.10 Å². The van der Waals surface area contributed by atoms with Gasteiger partial charge in [0.1, 0.15) is 5.75 Å². The van der Waals surface area contributed by atoms with Crippen LogP contribution < -0.4 is 10.7 Å². The van der Waals surface area contributed by atoms with Crippen molar-refractivity contribution in [3.05, 3.63) is 59.7 Å². The Hall–Kier alpha value is -3.15. The number of carbonyl (C=O) groups excluding carboxylic acids is 2. The molecule has 2 aromatic rings. The van der Waals surface area contributed by atoms with Gasteiger partial charge in [-0.15, -0.1) is 0 Å². The van der Waals surface area contributed by atoms with Gasteiger partial charge in [0.2, 0.25) is 0 Å². The third kappa shape index (κ3) is 4.17. The molecule has 0 heterocycles. The summed E-state index contributed by atoms with van der Waals surface area (Å²) in [5.74, 6) is -1.68. The number of aromatic hydroxyl groups is 1. The van der Waals surface area contributed by atoms with Crippen LogP contribution in [0.3, 0.4) is 0 Å². The van der Waals surface area contributed by atoms with Crippen LogP contribution in [-0.2, 0) is 9.59 Å². The van der Waals surface area contributed by atoms with E-state index in [2.05, 4.69) is 15.8 Å². The largest absolute Gasteiger partial charge is 0.507 e. The molecule has 0 fully saturated rings. The normalized spacial score (nSPS) is 10.4. The molecule has 0 spiro atoms. The molecule has 6 heteroatoms. The standard InChI is InChI=1S/C16H15N3O3/c1-11-5-4-7-13(9-11)18-15(21)16(22)19-17-10-12-6-2-3-8-14(12)20/h2-10,20H,1H3,(H,18,21)(H,19,22).